The monoisotopic (exact) mass is 305 g/mol. The fourth-order valence-electron chi connectivity index (χ4n) is 2.18. The van der Waals surface area contributed by atoms with Gasteiger partial charge in [-0.15, -0.1) is 0 Å². The number of carbonyl (C=O) groups excluding carboxylic acids is 1. The lowest BCUT2D eigenvalue weighted by Crippen LogP contribution is -2.48. The van der Waals surface area contributed by atoms with Crippen LogP contribution in [0.25, 0.3) is 0 Å². The number of hydrogen-bond acceptors (Lipinski definition) is 3. The van der Waals surface area contributed by atoms with E-state index in [1.54, 1.807) is 4.68 Å². The quantitative estimate of drug-likeness (QED) is 0.860. The smallest absolute Gasteiger partial charge is 0.379 e. The first-order valence-electron chi connectivity index (χ1n) is 6.58. The van der Waals surface area contributed by atoms with Crippen LogP contribution < -0.4 is 0 Å². The summed E-state index contributed by atoms with van der Waals surface area (Å²) < 4.78 is 39.8. The van der Waals surface area contributed by atoms with E-state index in [0.717, 1.165) is 4.90 Å². The summed E-state index contributed by atoms with van der Waals surface area (Å²) in [5.41, 5.74) is -2.92. The van der Waals surface area contributed by atoms with E-state index in [2.05, 4.69) is 5.10 Å². The third-order valence-electron chi connectivity index (χ3n) is 3.58. The van der Waals surface area contributed by atoms with Crippen LogP contribution in [0.5, 0.6) is 0 Å². The van der Waals surface area contributed by atoms with E-state index < -0.39 is 30.7 Å². The average Bonchev–Trinajstić information content (AvgIpc) is 2.93. The number of hydrogen-bond donors (Lipinski definition) is 1. The largest absolute Gasteiger partial charge is 0.419 e. The molecule has 118 valence electrons. The highest BCUT2D eigenvalue weighted by Crippen LogP contribution is 2.38. The molecule has 1 aliphatic heterocycles. The van der Waals surface area contributed by atoms with Crippen molar-refractivity contribution in [3.63, 3.8) is 0 Å². The van der Waals surface area contributed by atoms with Gasteiger partial charge in [0.15, 0.2) is 5.60 Å². The van der Waals surface area contributed by atoms with E-state index in [9.17, 15) is 23.1 Å². The fraction of sp³-hybridized carbons (Fsp3) is 0.692. The van der Waals surface area contributed by atoms with Gasteiger partial charge in [0.05, 0.1) is 23.8 Å². The number of aromatic nitrogens is 2. The van der Waals surface area contributed by atoms with Gasteiger partial charge in [-0.25, -0.2) is 0 Å². The maximum Gasteiger partial charge on any atom is 0.419 e. The molecule has 1 saturated heterocycles. The number of alkyl halides is 3. The topological polar surface area (TPSA) is 58.4 Å². The van der Waals surface area contributed by atoms with Crippen molar-refractivity contribution in [2.24, 2.45) is 0 Å². The Bertz CT molecular complexity index is 548. The standard InChI is InChI=1S/C13H18F3N3O2/c1-11(2,3)19-7-9(6-17-19)10(20)18-5-4-12(21,8-18)13(14,15)16/h6-7,21H,4-5,8H2,1-3H3/t12-/m0/s1. The summed E-state index contributed by atoms with van der Waals surface area (Å²) in [4.78, 5) is 13.2. The molecule has 0 unspecified atom stereocenters. The molecule has 21 heavy (non-hydrogen) atoms. The Labute approximate surface area is 120 Å². The number of aliphatic hydroxyl groups is 1. The van der Waals surface area contributed by atoms with Crippen molar-refractivity contribution in [2.75, 3.05) is 13.1 Å². The Morgan fingerprint density at radius 3 is 2.43 bits per heavy atom. The molecule has 1 amide bonds. The molecule has 1 fully saturated rings. The van der Waals surface area contributed by atoms with Gasteiger partial charge in [-0.05, 0) is 20.8 Å². The van der Waals surface area contributed by atoms with Crippen molar-refractivity contribution in [3.8, 4) is 0 Å². The van der Waals surface area contributed by atoms with E-state index in [1.807, 2.05) is 20.8 Å². The number of rotatable bonds is 1. The summed E-state index contributed by atoms with van der Waals surface area (Å²) in [6.45, 7) is 4.82. The van der Waals surface area contributed by atoms with Crippen LogP contribution in [0.15, 0.2) is 12.4 Å². The number of halogens is 3. The SMILES string of the molecule is CC(C)(C)n1cc(C(=O)N2CC[C@@](O)(C(F)(F)F)C2)cn1. The van der Waals surface area contributed by atoms with Gasteiger partial charge in [0.2, 0.25) is 0 Å². The minimum atomic E-state index is -4.74. The number of nitrogens with zero attached hydrogens (tertiary/aromatic N) is 3. The molecule has 2 heterocycles. The number of likely N-dealkylation sites (tertiary alicyclic amines) is 1. The highest BCUT2D eigenvalue weighted by atomic mass is 19.4. The highest BCUT2D eigenvalue weighted by molar-refractivity contribution is 5.94. The Balaban J connectivity index is 2.14. The third-order valence-corrected chi connectivity index (χ3v) is 3.58. The van der Waals surface area contributed by atoms with Crippen LogP contribution in [0.2, 0.25) is 0 Å². The Kier molecular flexibility index (Phi) is 3.56. The molecule has 2 rings (SSSR count). The van der Waals surface area contributed by atoms with Crippen LogP contribution in [-0.4, -0.2) is 50.6 Å². The fourth-order valence-corrected chi connectivity index (χ4v) is 2.18. The average molecular weight is 305 g/mol. The van der Waals surface area contributed by atoms with E-state index >= 15 is 0 Å². The van der Waals surface area contributed by atoms with Gasteiger partial charge >= 0.3 is 6.18 Å². The van der Waals surface area contributed by atoms with Gasteiger partial charge in [0.1, 0.15) is 0 Å². The first-order chi connectivity index (χ1) is 9.44. The Hall–Kier alpha value is -1.57. The van der Waals surface area contributed by atoms with E-state index in [4.69, 9.17) is 0 Å². The second-order valence-corrected chi connectivity index (χ2v) is 6.35. The molecule has 0 saturated carbocycles. The van der Waals surface area contributed by atoms with Crippen molar-refractivity contribution >= 4 is 5.91 Å². The molecule has 0 radical (unpaired) electrons. The van der Waals surface area contributed by atoms with Gasteiger partial charge in [0, 0.05) is 19.2 Å². The molecule has 0 spiro atoms. The van der Waals surface area contributed by atoms with Crippen LogP contribution in [0.1, 0.15) is 37.6 Å². The lowest BCUT2D eigenvalue weighted by Gasteiger charge is -2.25. The molecule has 5 nitrogen and oxygen atoms in total. The minimum Gasteiger partial charge on any atom is -0.379 e. The second kappa shape index (κ2) is 4.72. The lowest BCUT2D eigenvalue weighted by atomic mass is 10.0. The predicted molar refractivity (Wildman–Crippen MR) is 68.7 cm³/mol. The minimum absolute atomic E-state index is 0.129. The normalized spacial score (nSPS) is 23.7. The molecule has 8 heteroatoms. The van der Waals surface area contributed by atoms with Crippen molar-refractivity contribution in [1.82, 2.24) is 14.7 Å². The maximum absolute atomic E-state index is 12.7. The summed E-state index contributed by atoms with van der Waals surface area (Å²) in [5.74, 6) is -0.550. The molecule has 0 aliphatic carbocycles. The maximum atomic E-state index is 12.7. The summed E-state index contributed by atoms with van der Waals surface area (Å²) in [7, 11) is 0. The number of amides is 1. The molecule has 0 bridgehead atoms. The van der Waals surface area contributed by atoms with E-state index in [-0.39, 0.29) is 17.6 Å². The van der Waals surface area contributed by atoms with Crippen LogP contribution in [0.4, 0.5) is 13.2 Å². The Morgan fingerprint density at radius 1 is 1.38 bits per heavy atom. The molecule has 1 N–H and O–H groups in total. The van der Waals surface area contributed by atoms with Crippen molar-refractivity contribution in [1.29, 1.82) is 0 Å². The summed E-state index contributed by atoms with van der Waals surface area (Å²) in [6, 6.07) is 0. The summed E-state index contributed by atoms with van der Waals surface area (Å²) >= 11 is 0. The number of β-amino-alcohol motifs (C(OH)–C–C–N with tert-alkyl or cyclic N) is 1. The highest BCUT2D eigenvalue weighted by Gasteiger charge is 2.57. The third kappa shape index (κ3) is 2.90. The first kappa shape index (κ1) is 15.8. The predicted octanol–water partition coefficient (Wildman–Crippen LogP) is 1.78. The molecule has 1 aromatic rings. The van der Waals surface area contributed by atoms with Gasteiger partial charge in [-0.2, -0.15) is 18.3 Å². The Morgan fingerprint density at radius 2 is 2.00 bits per heavy atom. The molecule has 1 aromatic heterocycles. The number of carbonyl (C=O) groups is 1. The van der Waals surface area contributed by atoms with Gasteiger partial charge < -0.3 is 10.0 Å². The van der Waals surface area contributed by atoms with Gasteiger partial charge in [0.25, 0.3) is 5.91 Å². The molecule has 0 aromatic carbocycles. The summed E-state index contributed by atoms with van der Waals surface area (Å²) in [5, 5.41) is 13.6. The summed E-state index contributed by atoms with van der Waals surface area (Å²) in [6.07, 6.45) is -2.40. The zero-order chi connectivity index (χ0) is 16.1. The first-order valence-corrected chi connectivity index (χ1v) is 6.58. The van der Waals surface area contributed by atoms with Crippen molar-refractivity contribution in [2.45, 2.75) is 44.5 Å². The zero-order valence-corrected chi connectivity index (χ0v) is 12.1. The van der Waals surface area contributed by atoms with Crippen molar-refractivity contribution < 1.29 is 23.1 Å². The van der Waals surface area contributed by atoms with Gasteiger partial charge in [-0.1, -0.05) is 0 Å². The van der Waals surface area contributed by atoms with E-state index in [1.165, 1.54) is 12.4 Å². The van der Waals surface area contributed by atoms with Crippen LogP contribution in [0, 0.1) is 0 Å². The van der Waals surface area contributed by atoms with Crippen LogP contribution in [0.3, 0.4) is 0 Å². The second-order valence-electron chi connectivity index (χ2n) is 6.35. The lowest BCUT2D eigenvalue weighted by molar-refractivity contribution is -0.253. The molecular formula is C13H18F3N3O2. The van der Waals surface area contributed by atoms with Crippen LogP contribution >= 0.6 is 0 Å². The van der Waals surface area contributed by atoms with E-state index in [0.29, 0.717) is 0 Å². The molecule has 1 aliphatic rings. The van der Waals surface area contributed by atoms with Gasteiger partial charge in [-0.3, -0.25) is 9.48 Å². The molecular weight excluding hydrogens is 287 g/mol. The molecule has 1 atom stereocenters. The zero-order valence-electron chi connectivity index (χ0n) is 12.1. The van der Waals surface area contributed by atoms with Crippen LogP contribution in [-0.2, 0) is 5.54 Å². The van der Waals surface area contributed by atoms with Crippen molar-refractivity contribution in [3.05, 3.63) is 18.0 Å².